The van der Waals surface area contributed by atoms with E-state index in [1.807, 2.05) is 0 Å². The van der Waals surface area contributed by atoms with Crippen LogP contribution < -0.4 is 0 Å². The fourth-order valence-corrected chi connectivity index (χ4v) is 3.56. The molecule has 0 rings (SSSR count). The van der Waals surface area contributed by atoms with E-state index in [0.29, 0.717) is 6.42 Å². The Kier molecular flexibility index (Phi) is 18.2. The van der Waals surface area contributed by atoms with Gasteiger partial charge in [-0.2, -0.15) is 0 Å². The smallest absolute Gasteiger partial charge is 0.189 e. The Bertz CT molecular complexity index is 380. The van der Waals surface area contributed by atoms with Crippen molar-refractivity contribution in [2.24, 2.45) is 0 Å². The first-order chi connectivity index (χ1) is 12.2. The van der Waals surface area contributed by atoms with Crippen LogP contribution in [0.25, 0.3) is 0 Å². The molecule has 26 heavy (non-hydrogen) atoms. The number of alkyl halides is 1. The zero-order valence-corrected chi connectivity index (χ0v) is 18.8. The van der Waals surface area contributed by atoms with Gasteiger partial charge in [-0.15, -0.1) is 0 Å². The SMILES string of the molecule is CCCCCCCCCCCC(F)S(=O)(=O)[O-].CC[N+](CC)(CC)CC. The molecule has 1 atom stereocenters. The number of rotatable bonds is 15. The Morgan fingerprint density at radius 2 is 1.08 bits per heavy atom. The summed E-state index contributed by atoms with van der Waals surface area (Å²) in [5.41, 5.74) is -2.22. The molecule has 0 saturated heterocycles. The van der Waals surface area contributed by atoms with E-state index in [1.54, 1.807) is 0 Å². The molecule has 6 heteroatoms. The monoisotopic (exact) mass is 397 g/mol. The molecule has 160 valence electrons. The van der Waals surface area contributed by atoms with Crippen molar-refractivity contribution in [1.82, 2.24) is 0 Å². The summed E-state index contributed by atoms with van der Waals surface area (Å²) < 4.78 is 44.8. The summed E-state index contributed by atoms with van der Waals surface area (Å²) in [5.74, 6) is 0. The van der Waals surface area contributed by atoms with Gasteiger partial charge in [0.1, 0.15) is 10.1 Å². The topological polar surface area (TPSA) is 57.2 Å². The minimum Gasteiger partial charge on any atom is -0.746 e. The molecule has 0 aromatic heterocycles. The first-order valence-electron chi connectivity index (χ1n) is 10.7. The Balaban J connectivity index is 0. The van der Waals surface area contributed by atoms with Crippen molar-refractivity contribution in [1.29, 1.82) is 0 Å². The fraction of sp³-hybridized carbons (Fsp3) is 1.00. The van der Waals surface area contributed by atoms with Crippen LogP contribution in [0.1, 0.15) is 98.8 Å². The van der Waals surface area contributed by atoms with Gasteiger partial charge in [0.2, 0.25) is 0 Å². The van der Waals surface area contributed by atoms with E-state index >= 15 is 0 Å². The van der Waals surface area contributed by atoms with Gasteiger partial charge >= 0.3 is 0 Å². The van der Waals surface area contributed by atoms with Crippen molar-refractivity contribution in [3.8, 4) is 0 Å². The third-order valence-corrected chi connectivity index (χ3v) is 6.39. The lowest BCUT2D eigenvalue weighted by molar-refractivity contribution is -0.921. The number of nitrogens with zero attached hydrogens (tertiary/aromatic N) is 1. The highest BCUT2D eigenvalue weighted by molar-refractivity contribution is 7.86. The van der Waals surface area contributed by atoms with E-state index in [-0.39, 0.29) is 6.42 Å². The minimum atomic E-state index is -4.73. The van der Waals surface area contributed by atoms with Gasteiger partial charge in [-0.05, 0) is 40.5 Å². The lowest BCUT2D eigenvalue weighted by Gasteiger charge is -2.34. The molecule has 0 aliphatic rings. The van der Waals surface area contributed by atoms with Gasteiger partial charge in [0.05, 0.1) is 26.2 Å². The van der Waals surface area contributed by atoms with E-state index in [1.165, 1.54) is 62.8 Å². The minimum absolute atomic E-state index is 0.151. The van der Waals surface area contributed by atoms with Gasteiger partial charge in [-0.1, -0.05) is 58.3 Å². The summed E-state index contributed by atoms with van der Waals surface area (Å²) >= 11 is 0. The molecule has 0 bridgehead atoms. The second-order valence-corrected chi connectivity index (χ2v) is 8.62. The van der Waals surface area contributed by atoms with Crippen LogP contribution in [-0.2, 0) is 10.1 Å². The number of hydrogen-bond acceptors (Lipinski definition) is 3. The molecule has 0 N–H and O–H groups in total. The van der Waals surface area contributed by atoms with E-state index < -0.39 is 15.6 Å². The molecule has 0 aliphatic carbocycles. The highest BCUT2D eigenvalue weighted by Crippen LogP contribution is 2.14. The molecule has 0 fully saturated rings. The predicted molar refractivity (Wildman–Crippen MR) is 109 cm³/mol. The number of hydrogen-bond donors (Lipinski definition) is 0. The van der Waals surface area contributed by atoms with Crippen LogP contribution in [0, 0.1) is 0 Å². The van der Waals surface area contributed by atoms with Crippen molar-refractivity contribution >= 4 is 10.1 Å². The number of halogens is 1. The molecule has 0 spiro atoms. The molecular formula is C20H44FNO3S. The van der Waals surface area contributed by atoms with Crippen LogP contribution in [0.5, 0.6) is 0 Å². The van der Waals surface area contributed by atoms with E-state index in [0.717, 1.165) is 19.3 Å². The van der Waals surface area contributed by atoms with Crippen LogP contribution in [-0.4, -0.2) is 49.1 Å². The molecule has 0 radical (unpaired) electrons. The van der Waals surface area contributed by atoms with E-state index in [9.17, 15) is 17.4 Å². The van der Waals surface area contributed by atoms with Gasteiger partial charge < -0.3 is 9.04 Å². The van der Waals surface area contributed by atoms with Gasteiger partial charge in [-0.25, -0.2) is 12.8 Å². The fourth-order valence-electron chi connectivity index (χ4n) is 3.10. The molecule has 1 unspecified atom stereocenters. The van der Waals surface area contributed by atoms with E-state index in [4.69, 9.17) is 0 Å². The molecule has 0 heterocycles. The maximum absolute atomic E-state index is 12.7. The summed E-state index contributed by atoms with van der Waals surface area (Å²) in [6.45, 7) is 16.4. The lowest BCUT2D eigenvalue weighted by atomic mass is 10.1. The third-order valence-electron chi connectivity index (χ3n) is 5.53. The molecule has 0 amide bonds. The van der Waals surface area contributed by atoms with Crippen LogP contribution >= 0.6 is 0 Å². The number of quaternary nitrogens is 1. The zero-order chi connectivity index (χ0) is 20.5. The largest absolute Gasteiger partial charge is 0.746 e. The first-order valence-corrected chi connectivity index (χ1v) is 12.1. The molecule has 0 aromatic rings. The Morgan fingerprint density at radius 3 is 1.35 bits per heavy atom. The highest BCUT2D eigenvalue weighted by Gasteiger charge is 2.16. The molecule has 0 aromatic carbocycles. The molecule has 4 nitrogen and oxygen atoms in total. The summed E-state index contributed by atoms with van der Waals surface area (Å²) in [5, 5.41) is 0. The van der Waals surface area contributed by atoms with Gasteiger partial charge in [0.25, 0.3) is 0 Å². The van der Waals surface area contributed by atoms with Gasteiger partial charge in [0, 0.05) is 0 Å². The van der Waals surface area contributed by atoms with Crippen molar-refractivity contribution in [2.45, 2.75) is 104 Å². The van der Waals surface area contributed by atoms with Crippen molar-refractivity contribution in [3.63, 3.8) is 0 Å². The standard InChI is InChI=1S/C12H25FO3S.C8H20N/c1-2-3-4-5-6-7-8-9-10-11-12(13)17(14,15)16;1-5-9(6-2,7-3)8-4/h12H,2-11H2,1H3,(H,14,15,16);5-8H2,1-4H3/q;+1/p-1. The van der Waals surface area contributed by atoms with Crippen molar-refractivity contribution < 1.29 is 21.8 Å². The second kappa shape index (κ2) is 16.9. The van der Waals surface area contributed by atoms with Crippen LogP contribution in [0.2, 0.25) is 0 Å². The summed E-state index contributed by atoms with van der Waals surface area (Å²) in [4.78, 5) is 0. The van der Waals surface area contributed by atoms with Crippen LogP contribution in [0.4, 0.5) is 4.39 Å². The number of unbranched alkanes of at least 4 members (excludes halogenated alkanes) is 8. The Hall–Kier alpha value is -0.200. The average molecular weight is 398 g/mol. The van der Waals surface area contributed by atoms with Gasteiger partial charge in [-0.3, -0.25) is 0 Å². The average Bonchev–Trinajstić information content (AvgIpc) is 2.62. The normalized spacial score (nSPS) is 13.2. The third kappa shape index (κ3) is 14.9. The molecule has 0 aliphatic heterocycles. The molecular weight excluding hydrogens is 353 g/mol. The maximum Gasteiger partial charge on any atom is 0.189 e. The highest BCUT2D eigenvalue weighted by atomic mass is 32.2. The Labute approximate surface area is 162 Å². The van der Waals surface area contributed by atoms with Crippen molar-refractivity contribution in [2.75, 3.05) is 26.2 Å². The van der Waals surface area contributed by atoms with Crippen LogP contribution in [0.3, 0.4) is 0 Å². The van der Waals surface area contributed by atoms with Crippen LogP contribution in [0.15, 0.2) is 0 Å². The summed E-state index contributed by atoms with van der Waals surface area (Å²) in [7, 11) is -4.73. The zero-order valence-electron chi connectivity index (χ0n) is 17.9. The first kappa shape index (κ1) is 28.0. The summed E-state index contributed by atoms with van der Waals surface area (Å²) in [6, 6.07) is 0. The maximum atomic E-state index is 12.7. The quantitative estimate of drug-likeness (QED) is 0.204. The second-order valence-electron chi connectivity index (χ2n) is 7.13. The molecule has 0 saturated carbocycles. The van der Waals surface area contributed by atoms with Crippen molar-refractivity contribution in [3.05, 3.63) is 0 Å². The lowest BCUT2D eigenvalue weighted by Crippen LogP contribution is -2.47. The van der Waals surface area contributed by atoms with Gasteiger partial charge in [0.15, 0.2) is 5.50 Å². The summed E-state index contributed by atoms with van der Waals surface area (Å²) in [6.07, 6.45) is 9.49. The predicted octanol–water partition coefficient (Wildman–Crippen LogP) is 5.63. The van der Waals surface area contributed by atoms with E-state index in [2.05, 4.69) is 34.6 Å². The Morgan fingerprint density at radius 1 is 0.731 bits per heavy atom.